The van der Waals surface area contributed by atoms with E-state index in [1.165, 1.54) is 0 Å². The van der Waals surface area contributed by atoms with Gasteiger partial charge in [-0.2, -0.15) is 0 Å². The van der Waals surface area contributed by atoms with Crippen molar-refractivity contribution in [1.29, 1.82) is 0 Å². The van der Waals surface area contributed by atoms with Crippen LogP contribution < -0.4 is 10.2 Å². The van der Waals surface area contributed by atoms with Gasteiger partial charge in [-0.25, -0.2) is 4.79 Å². The van der Waals surface area contributed by atoms with E-state index in [2.05, 4.69) is 0 Å². The minimum atomic E-state index is -1.94. The van der Waals surface area contributed by atoms with Crippen molar-refractivity contribution in [3.05, 3.63) is 23.5 Å². The van der Waals surface area contributed by atoms with Crippen molar-refractivity contribution in [1.82, 2.24) is 0 Å². The van der Waals surface area contributed by atoms with Gasteiger partial charge < -0.3 is 20.1 Å². The van der Waals surface area contributed by atoms with Gasteiger partial charge in [0.1, 0.15) is 6.29 Å². The van der Waals surface area contributed by atoms with Crippen LogP contribution in [-0.4, -0.2) is 23.3 Å². The van der Waals surface area contributed by atoms with E-state index >= 15 is 0 Å². The monoisotopic (exact) mass is 184 g/mol. The van der Waals surface area contributed by atoms with Gasteiger partial charge in [0.05, 0.1) is 5.97 Å². The van der Waals surface area contributed by atoms with Gasteiger partial charge in [0.15, 0.2) is 0 Å². The molecule has 6 nitrogen and oxygen atoms in total. The number of carbonyl (C=O) groups excluding carboxylic acids is 2. The van der Waals surface area contributed by atoms with Crippen LogP contribution in [0, 0.1) is 0 Å². The summed E-state index contributed by atoms with van der Waals surface area (Å²) < 4.78 is 0. The quantitative estimate of drug-likeness (QED) is 0.218. The normalized spacial score (nSPS) is 12.3. The highest BCUT2D eigenvalue weighted by Crippen LogP contribution is 1.99. The summed E-state index contributed by atoms with van der Waals surface area (Å²) in [6.45, 7) is 0. The van der Waals surface area contributed by atoms with Crippen LogP contribution in [0.5, 0.6) is 0 Å². The van der Waals surface area contributed by atoms with Gasteiger partial charge in [-0.1, -0.05) is 6.08 Å². The Balaban J connectivity index is 5.11. The van der Waals surface area contributed by atoms with E-state index in [4.69, 9.17) is 5.11 Å². The van der Waals surface area contributed by atoms with E-state index in [0.29, 0.717) is 12.2 Å². The molecule has 0 saturated heterocycles. The Bertz CT molecular complexity index is 298. The lowest BCUT2D eigenvalue weighted by Crippen LogP contribution is -2.29. The second kappa shape index (κ2) is 4.70. The van der Waals surface area contributed by atoms with Gasteiger partial charge >= 0.3 is 5.97 Å². The van der Waals surface area contributed by atoms with Gasteiger partial charge in [-0.15, -0.1) is 0 Å². The number of aldehydes is 1. The molecule has 0 bridgehead atoms. The molecule has 6 heteroatoms. The smallest absolute Gasteiger partial charge is 0.321 e. The SMILES string of the molecule is O=C/C=C/C(C(=O)[O-])=C(/[O-])C(=O)O. The van der Waals surface area contributed by atoms with Crippen LogP contribution in [0.25, 0.3) is 0 Å². The molecule has 0 spiro atoms. The second-order valence-electron chi connectivity index (χ2n) is 1.83. The Morgan fingerprint density at radius 2 is 1.77 bits per heavy atom. The molecule has 70 valence electrons. The molecule has 0 amide bonds. The van der Waals surface area contributed by atoms with Crippen LogP contribution in [-0.2, 0) is 14.4 Å². The van der Waals surface area contributed by atoms with Crippen LogP contribution in [0.3, 0.4) is 0 Å². The highest BCUT2D eigenvalue weighted by atomic mass is 16.4. The van der Waals surface area contributed by atoms with E-state index < -0.39 is 23.3 Å². The number of hydrogen-bond donors (Lipinski definition) is 1. The first-order chi connectivity index (χ1) is 6.00. The van der Waals surface area contributed by atoms with Gasteiger partial charge in [0, 0.05) is 0 Å². The highest BCUT2D eigenvalue weighted by Gasteiger charge is 2.01. The third kappa shape index (κ3) is 3.19. The lowest BCUT2D eigenvalue weighted by atomic mass is 10.2. The van der Waals surface area contributed by atoms with Gasteiger partial charge in [-0.05, 0) is 17.4 Å². The van der Waals surface area contributed by atoms with Gasteiger partial charge in [0.2, 0.25) is 0 Å². The molecule has 0 aliphatic heterocycles. The molecule has 0 rings (SSSR count). The van der Waals surface area contributed by atoms with Crippen LogP contribution in [0.4, 0.5) is 0 Å². The molecule has 0 saturated carbocycles. The van der Waals surface area contributed by atoms with E-state index in [-0.39, 0.29) is 6.29 Å². The van der Waals surface area contributed by atoms with Crippen molar-refractivity contribution < 1.29 is 29.7 Å². The molecule has 0 atom stereocenters. The van der Waals surface area contributed by atoms with Crippen molar-refractivity contribution in [2.45, 2.75) is 0 Å². The average molecular weight is 184 g/mol. The molecule has 0 aromatic heterocycles. The maximum atomic E-state index is 10.6. The number of carboxylic acid groups (broad SMARTS) is 2. The fourth-order valence-electron chi connectivity index (χ4n) is 0.487. The predicted octanol–water partition coefficient (Wildman–Crippen LogP) is -2.81. The second-order valence-corrected chi connectivity index (χ2v) is 1.83. The summed E-state index contributed by atoms with van der Waals surface area (Å²) >= 11 is 0. The standard InChI is InChI=1S/C7H6O6/c8-3-1-2-4(6(10)11)5(9)7(12)13/h1-3,9H,(H,10,11)(H,12,13)/p-2/b2-1+,5-4-. The fourth-order valence-corrected chi connectivity index (χ4v) is 0.487. The molecule has 13 heavy (non-hydrogen) atoms. The minimum Gasteiger partial charge on any atom is -0.867 e. The van der Waals surface area contributed by atoms with E-state index in [1.54, 1.807) is 0 Å². The van der Waals surface area contributed by atoms with Crippen molar-refractivity contribution in [3.63, 3.8) is 0 Å². The van der Waals surface area contributed by atoms with Crippen LogP contribution in [0.2, 0.25) is 0 Å². The van der Waals surface area contributed by atoms with Crippen molar-refractivity contribution in [2.75, 3.05) is 0 Å². The first-order valence-corrected chi connectivity index (χ1v) is 2.98. The van der Waals surface area contributed by atoms with Gasteiger partial charge in [0.25, 0.3) is 0 Å². The molecule has 0 aliphatic carbocycles. The summed E-state index contributed by atoms with van der Waals surface area (Å²) in [5.74, 6) is -5.49. The van der Waals surface area contributed by atoms with E-state index in [9.17, 15) is 24.6 Å². The van der Waals surface area contributed by atoms with E-state index in [1.807, 2.05) is 0 Å². The number of carbonyl (C=O) groups is 3. The molecule has 0 aromatic rings. The molecule has 0 heterocycles. The molecule has 0 unspecified atom stereocenters. The Kier molecular flexibility index (Phi) is 3.94. The molecule has 0 fully saturated rings. The van der Waals surface area contributed by atoms with Crippen molar-refractivity contribution in [3.8, 4) is 0 Å². The number of rotatable bonds is 4. The molecular formula is C7H4O6-2. The first-order valence-electron chi connectivity index (χ1n) is 2.98. The third-order valence-electron chi connectivity index (χ3n) is 1.00. The first kappa shape index (κ1) is 10.9. The van der Waals surface area contributed by atoms with Crippen LogP contribution in [0.1, 0.15) is 0 Å². The van der Waals surface area contributed by atoms with E-state index in [0.717, 1.165) is 0 Å². The summed E-state index contributed by atoms with van der Waals surface area (Å²) in [6.07, 6.45) is 1.46. The summed E-state index contributed by atoms with van der Waals surface area (Å²) in [7, 11) is 0. The minimum absolute atomic E-state index is 0.206. The Labute approximate surface area is 72.4 Å². The summed E-state index contributed by atoms with van der Waals surface area (Å²) in [4.78, 5) is 29.9. The Hall–Kier alpha value is -2.11. The molecule has 1 N–H and O–H groups in total. The van der Waals surface area contributed by atoms with Crippen LogP contribution in [0.15, 0.2) is 23.5 Å². The van der Waals surface area contributed by atoms with Gasteiger partial charge in [-0.3, -0.25) is 4.79 Å². The maximum absolute atomic E-state index is 10.6. The molecule has 0 radical (unpaired) electrons. The topological polar surface area (TPSA) is 118 Å². The Morgan fingerprint density at radius 1 is 1.23 bits per heavy atom. The number of hydrogen-bond acceptors (Lipinski definition) is 5. The lowest BCUT2D eigenvalue weighted by molar-refractivity contribution is -0.313. The zero-order valence-corrected chi connectivity index (χ0v) is 6.22. The molecule has 0 aromatic carbocycles. The van der Waals surface area contributed by atoms with Crippen LogP contribution >= 0.6 is 0 Å². The zero-order chi connectivity index (χ0) is 10.4. The average Bonchev–Trinajstić information content (AvgIpc) is 2.04. The maximum Gasteiger partial charge on any atom is 0.321 e. The Morgan fingerprint density at radius 3 is 2.08 bits per heavy atom. The number of carboxylic acids is 2. The summed E-state index contributed by atoms with van der Waals surface area (Å²) in [5.41, 5.74) is -1.07. The molecule has 0 aliphatic rings. The van der Waals surface area contributed by atoms with Crippen molar-refractivity contribution >= 4 is 18.2 Å². The summed E-state index contributed by atoms with van der Waals surface area (Å²) in [6, 6.07) is 0. The molecular weight excluding hydrogens is 180 g/mol. The summed E-state index contributed by atoms with van der Waals surface area (Å²) in [5, 5.41) is 28.8. The largest absolute Gasteiger partial charge is 0.867 e. The zero-order valence-electron chi connectivity index (χ0n) is 6.22. The fraction of sp³-hybridized carbons (Fsp3) is 0. The third-order valence-corrected chi connectivity index (χ3v) is 1.00. The van der Waals surface area contributed by atoms with Crippen molar-refractivity contribution in [2.24, 2.45) is 0 Å². The highest BCUT2D eigenvalue weighted by molar-refractivity contribution is 5.98. The predicted molar refractivity (Wildman–Crippen MR) is 34.9 cm³/mol. The lowest BCUT2D eigenvalue weighted by Gasteiger charge is -2.12. The number of aliphatic carboxylic acids is 2. The number of allylic oxidation sites excluding steroid dienone is 1.